The van der Waals surface area contributed by atoms with Crippen LogP contribution in [0.2, 0.25) is 0 Å². The molecule has 140 valence electrons. The molecule has 26 heavy (non-hydrogen) atoms. The van der Waals surface area contributed by atoms with E-state index in [-0.39, 0.29) is 24.0 Å². The average Bonchev–Trinajstić information content (AvgIpc) is 2.99. The van der Waals surface area contributed by atoms with Crippen LogP contribution in [-0.4, -0.2) is 55.1 Å². The Labute approximate surface area is 154 Å². The first-order chi connectivity index (χ1) is 12.6. The minimum atomic E-state index is -0.210. The Morgan fingerprint density at radius 3 is 2.58 bits per heavy atom. The second kappa shape index (κ2) is 7.27. The number of carbonyl (C=O) groups is 2. The van der Waals surface area contributed by atoms with Crippen LogP contribution in [0.4, 0.5) is 5.69 Å². The number of amides is 1. The molecule has 2 aliphatic heterocycles. The van der Waals surface area contributed by atoms with Crippen LogP contribution in [0.5, 0.6) is 0 Å². The molecule has 1 saturated heterocycles. The van der Waals surface area contributed by atoms with Gasteiger partial charge in [-0.15, -0.1) is 0 Å². The summed E-state index contributed by atoms with van der Waals surface area (Å²) in [6, 6.07) is 6.60. The maximum absolute atomic E-state index is 13.0. The zero-order valence-corrected chi connectivity index (χ0v) is 15.4. The number of rotatable bonds is 3. The van der Waals surface area contributed by atoms with Crippen molar-refractivity contribution in [1.82, 2.24) is 10.2 Å². The summed E-state index contributed by atoms with van der Waals surface area (Å²) < 4.78 is 5.32. The number of piperazine rings is 1. The van der Waals surface area contributed by atoms with E-state index in [1.165, 1.54) is 6.92 Å². The third-order valence-corrected chi connectivity index (χ3v) is 5.82. The van der Waals surface area contributed by atoms with Crippen molar-refractivity contribution >= 4 is 17.6 Å². The summed E-state index contributed by atoms with van der Waals surface area (Å²) in [5.41, 5.74) is 3.15. The van der Waals surface area contributed by atoms with Crippen LogP contribution < -0.4 is 10.2 Å². The van der Waals surface area contributed by atoms with E-state index in [9.17, 15) is 9.59 Å². The van der Waals surface area contributed by atoms with E-state index in [1.54, 1.807) is 0 Å². The van der Waals surface area contributed by atoms with Gasteiger partial charge in [-0.1, -0.05) is 6.07 Å². The molecule has 0 aromatic heterocycles. The molecule has 2 fully saturated rings. The molecule has 0 unspecified atom stereocenters. The maximum atomic E-state index is 13.0. The quantitative estimate of drug-likeness (QED) is 0.838. The SMILES string of the molecule is CC(=O)OC1CCC(N2Cc3ccc(N4CCNCC4)cc3C2=O)CC1. The van der Waals surface area contributed by atoms with Gasteiger partial charge >= 0.3 is 5.97 Å². The molecule has 6 heteroatoms. The van der Waals surface area contributed by atoms with Crippen LogP contribution in [-0.2, 0) is 16.1 Å². The van der Waals surface area contributed by atoms with Crippen molar-refractivity contribution in [2.75, 3.05) is 31.1 Å². The highest BCUT2D eigenvalue weighted by Gasteiger charge is 2.35. The summed E-state index contributed by atoms with van der Waals surface area (Å²) in [6.45, 7) is 6.11. The molecule has 6 nitrogen and oxygen atoms in total. The molecular formula is C20H27N3O3. The number of fused-ring (bicyclic) bond motifs is 1. The maximum Gasteiger partial charge on any atom is 0.302 e. The molecule has 1 aromatic carbocycles. The molecule has 1 aliphatic carbocycles. The molecule has 2 heterocycles. The Kier molecular flexibility index (Phi) is 4.85. The standard InChI is InChI=1S/C20H27N3O3/c1-14(24)26-18-6-4-16(5-7-18)23-13-15-2-3-17(12-19(15)20(23)25)22-10-8-21-9-11-22/h2-3,12,16,18,21H,4-11,13H2,1H3. The first-order valence-electron chi connectivity index (χ1n) is 9.68. The van der Waals surface area contributed by atoms with Crippen molar-refractivity contribution in [1.29, 1.82) is 0 Å². The van der Waals surface area contributed by atoms with Crippen molar-refractivity contribution in [2.45, 2.75) is 51.3 Å². The second-order valence-electron chi connectivity index (χ2n) is 7.55. The van der Waals surface area contributed by atoms with Gasteiger partial charge in [0.1, 0.15) is 6.10 Å². The average molecular weight is 357 g/mol. The smallest absolute Gasteiger partial charge is 0.302 e. The van der Waals surface area contributed by atoms with Crippen LogP contribution in [0.3, 0.4) is 0 Å². The Morgan fingerprint density at radius 1 is 1.15 bits per heavy atom. The van der Waals surface area contributed by atoms with Crippen molar-refractivity contribution in [2.24, 2.45) is 0 Å². The van der Waals surface area contributed by atoms with Crippen molar-refractivity contribution in [3.8, 4) is 0 Å². The summed E-state index contributed by atoms with van der Waals surface area (Å²) in [6.07, 6.45) is 3.51. The molecule has 3 aliphatic rings. The van der Waals surface area contributed by atoms with Gasteiger partial charge in [0, 0.05) is 56.9 Å². The van der Waals surface area contributed by atoms with E-state index in [4.69, 9.17) is 4.74 Å². The third kappa shape index (κ3) is 3.43. The molecule has 0 spiro atoms. The lowest BCUT2D eigenvalue weighted by molar-refractivity contribution is -0.148. The molecule has 1 aromatic rings. The monoisotopic (exact) mass is 357 g/mol. The summed E-state index contributed by atoms with van der Waals surface area (Å²) in [5.74, 6) is -0.0496. The van der Waals surface area contributed by atoms with Gasteiger partial charge in [0.2, 0.25) is 0 Å². The van der Waals surface area contributed by atoms with Gasteiger partial charge in [-0.05, 0) is 43.4 Å². The Hall–Kier alpha value is -2.08. The van der Waals surface area contributed by atoms with Gasteiger partial charge in [0.05, 0.1) is 0 Å². The summed E-state index contributed by atoms with van der Waals surface area (Å²) in [4.78, 5) is 28.5. The molecule has 1 amide bonds. The lowest BCUT2D eigenvalue weighted by Gasteiger charge is -2.34. The van der Waals surface area contributed by atoms with Gasteiger partial charge in [0.15, 0.2) is 0 Å². The van der Waals surface area contributed by atoms with E-state index in [1.807, 2.05) is 4.90 Å². The van der Waals surface area contributed by atoms with Crippen molar-refractivity contribution in [3.63, 3.8) is 0 Å². The van der Waals surface area contributed by atoms with Crippen LogP contribution in [0, 0.1) is 0 Å². The number of hydrogen-bond donors (Lipinski definition) is 1. The van der Waals surface area contributed by atoms with Crippen LogP contribution >= 0.6 is 0 Å². The second-order valence-corrected chi connectivity index (χ2v) is 7.55. The lowest BCUT2D eigenvalue weighted by Crippen LogP contribution is -2.43. The largest absolute Gasteiger partial charge is 0.463 e. The van der Waals surface area contributed by atoms with Gasteiger partial charge in [0.25, 0.3) is 5.91 Å². The van der Waals surface area contributed by atoms with E-state index >= 15 is 0 Å². The Balaban J connectivity index is 1.42. The topological polar surface area (TPSA) is 61.9 Å². The summed E-state index contributed by atoms with van der Waals surface area (Å²) in [7, 11) is 0. The van der Waals surface area contributed by atoms with E-state index in [0.29, 0.717) is 6.54 Å². The van der Waals surface area contributed by atoms with Crippen molar-refractivity contribution in [3.05, 3.63) is 29.3 Å². The normalized spacial score (nSPS) is 26.0. The van der Waals surface area contributed by atoms with Crippen LogP contribution in [0.15, 0.2) is 18.2 Å². The number of nitrogens with one attached hydrogen (secondary N) is 1. The van der Waals surface area contributed by atoms with Crippen LogP contribution in [0.1, 0.15) is 48.5 Å². The molecular weight excluding hydrogens is 330 g/mol. The number of carbonyl (C=O) groups excluding carboxylic acids is 2. The first kappa shape index (κ1) is 17.3. The number of anilines is 1. The van der Waals surface area contributed by atoms with Gasteiger partial charge in [-0.2, -0.15) is 0 Å². The van der Waals surface area contributed by atoms with Gasteiger partial charge < -0.3 is 19.9 Å². The fourth-order valence-electron chi connectivity index (χ4n) is 4.44. The lowest BCUT2D eigenvalue weighted by atomic mass is 9.92. The highest BCUT2D eigenvalue weighted by atomic mass is 16.5. The molecule has 0 atom stereocenters. The molecule has 1 saturated carbocycles. The zero-order chi connectivity index (χ0) is 18.1. The number of esters is 1. The minimum Gasteiger partial charge on any atom is -0.463 e. The summed E-state index contributed by atoms with van der Waals surface area (Å²) >= 11 is 0. The minimum absolute atomic E-state index is 0.0168. The molecule has 1 N–H and O–H groups in total. The van der Waals surface area contributed by atoms with Gasteiger partial charge in [-0.3, -0.25) is 9.59 Å². The van der Waals surface area contributed by atoms with Crippen LogP contribution in [0.25, 0.3) is 0 Å². The van der Waals surface area contributed by atoms with E-state index < -0.39 is 0 Å². The third-order valence-electron chi connectivity index (χ3n) is 5.82. The Morgan fingerprint density at radius 2 is 1.88 bits per heavy atom. The predicted molar refractivity (Wildman–Crippen MR) is 99.2 cm³/mol. The molecule has 0 radical (unpaired) electrons. The van der Waals surface area contributed by atoms with E-state index in [2.05, 4.69) is 28.4 Å². The van der Waals surface area contributed by atoms with E-state index in [0.717, 1.165) is 68.7 Å². The zero-order valence-electron chi connectivity index (χ0n) is 15.4. The number of ether oxygens (including phenoxy) is 1. The fraction of sp³-hybridized carbons (Fsp3) is 0.600. The molecule has 0 bridgehead atoms. The number of benzene rings is 1. The Bertz CT molecular complexity index is 692. The summed E-state index contributed by atoms with van der Waals surface area (Å²) in [5, 5.41) is 3.36. The van der Waals surface area contributed by atoms with Crippen molar-refractivity contribution < 1.29 is 14.3 Å². The highest BCUT2D eigenvalue weighted by molar-refractivity contribution is 5.99. The highest BCUT2D eigenvalue weighted by Crippen LogP contribution is 2.33. The molecule has 4 rings (SSSR count). The first-order valence-corrected chi connectivity index (χ1v) is 9.68. The number of hydrogen-bond acceptors (Lipinski definition) is 5. The van der Waals surface area contributed by atoms with Gasteiger partial charge in [-0.25, -0.2) is 0 Å². The fourth-order valence-corrected chi connectivity index (χ4v) is 4.44. The number of nitrogens with zero attached hydrogens (tertiary/aromatic N) is 2. The predicted octanol–water partition coefficient (Wildman–Crippen LogP) is 1.93.